The lowest BCUT2D eigenvalue weighted by molar-refractivity contribution is 0.0752. The molecule has 0 spiro atoms. The maximum Gasteiger partial charge on any atom is 0.264 e. The molecule has 0 N–H and O–H groups in total. The number of nitrogens with zero attached hydrogens (tertiary/aromatic N) is 3. The molecule has 1 aliphatic heterocycles. The van der Waals surface area contributed by atoms with Crippen LogP contribution >= 0.6 is 11.3 Å². The number of carbonyl (C=O) groups is 1. The van der Waals surface area contributed by atoms with Gasteiger partial charge in [0.05, 0.1) is 4.88 Å². The van der Waals surface area contributed by atoms with Gasteiger partial charge in [0.1, 0.15) is 0 Å². The quantitative estimate of drug-likeness (QED) is 0.703. The van der Waals surface area contributed by atoms with E-state index in [1.165, 1.54) is 22.6 Å². The molecule has 3 aromatic rings. The highest BCUT2D eigenvalue weighted by Gasteiger charge is 2.25. The molecule has 0 unspecified atom stereocenters. The van der Waals surface area contributed by atoms with Crippen LogP contribution in [0.2, 0.25) is 0 Å². The number of anilines is 1. The molecule has 1 fully saturated rings. The lowest BCUT2D eigenvalue weighted by Crippen LogP contribution is -2.48. The molecule has 0 atom stereocenters. The lowest BCUT2D eigenvalue weighted by atomic mass is 10.0. The molecular weight excluding hydrogens is 342 g/mol. The van der Waals surface area contributed by atoms with Gasteiger partial charge in [0.25, 0.3) is 5.91 Å². The molecule has 4 nitrogen and oxygen atoms in total. The number of hydrogen-bond acceptors (Lipinski definition) is 4. The van der Waals surface area contributed by atoms with Crippen LogP contribution in [0.4, 0.5) is 5.69 Å². The number of carbonyl (C=O) groups excluding carboxylic acids is 1. The van der Waals surface area contributed by atoms with E-state index in [1.807, 2.05) is 34.8 Å². The van der Waals surface area contributed by atoms with Crippen molar-refractivity contribution in [3.63, 3.8) is 0 Å². The van der Waals surface area contributed by atoms with Crippen molar-refractivity contribution in [3.8, 4) is 11.1 Å². The fraction of sp³-hybridized carbons (Fsp3) is 0.238. The van der Waals surface area contributed by atoms with Gasteiger partial charge in [0, 0.05) is 49.8 Å². The first-order valence-electron chi connectivity index (χ1n) is 8.81. The summed E-state index contributed by atoms with van der Waals surface area (Å²) in [6.45, 7) is 5.26. The molecule has 0 saturated carbocycles. The van der Waals surface area contributed by atoms with Gasteiger partial charge in [-0.1, -0.05) is 29.8 Å². The highest BCUT2D eigenvalue weighted by molar-refractivity contribution is 7.12. The summed E-state index contributed by atoms with van der Waals surface area (Å²) < 4.78 is 0. The van der Waals surface area contributed by atoms with Crippen molar-refractivity contribution in [1.82, 2.24) is 9.88 Å². The monoisotopic (exact) mass is 363 g/mol. The van der Waals surface area contributed by atoms with Gasteiger partial charge in [0.2, 0.25) is 0 Å². The van der Waals surface area contributed by atoms with Gasteiger partial charge in [-0.05, 0) is 36.1 Å². The number of rotatable bonds is 3. The van der Waals surface area contributed by atoms with Crippen LogP contribution in [-0.4, -0.2) is 42.0 Å². The van der Waals surface area contributed by atoms with E-state index in [9.17, 15) is 4.79 Å². The van der Waals surface area contributed by atoms with E-state index in [1.54, 1.807) is 0 Å². The first-order chi connectivity index (χ1) is 12.7. The van der Waals surface area contributed by atoms with Crippen molar-refractivity contribution in [2.24, 2.45) is 0 Å². The van der Waals surface area contributed by atoms with E-state index in [0.717, 1.165) is 42.2 Å². The van der Waals surface area contributed by atoms with E-state index in [-0.39, 0.29) is 5.91 Å². The molecule has 132 valence electrons. The first kappa shape index (κ1) is 16.8. The van der Waals surface area contributed by atoms with Crippen LogP contribution < -0.4 is 4.90 Å². The molecular formula is C21H21N3OS. The standard InChI is InChI=1S/C21H21N3OS/c1-16-2-4-17(5-3-16)19-8-15-26-20(19)21(25)24-13-11-23(12-14-24)18-6-9-22-10-7-18/h2-10,15H,11-14H2,1H3. The molecule has 1 aromatic carbocycles. The zero-order valence-corrected chi connectivity index (χ0v) is 15.6. The second-order valence-corrected chi connectivity index (χ2v) is 7.43. The normalized spacial score (nSPS) is 14.5. The minimum Gasteiger partial charge on any atom is -0.368 e. The van der Waals surface area contributed by atoms with Gasteiger partial charge in [-0.3, -0.25) is 9.78 Å². The van der Waals surface area contributed by atoms with Crippen LogP contribution in [0.5, 0.6) is 0 Å². The predicted octanol–water partition coefficient (Wildman–Crippen LogP) is 4.08. The van der Waals surface area contributed by atoms with Crippen LogP contribution in [0, 0.1) is 6.92 Å². The maximum absolute atomic E-state index is 13.1. The fourth-order valence-corrected chi connectivity index (χ4v) is 4.18. The number of benzene rings is 1. The minimum atomic E-state index is 0.143. The molecule has 1 aliphatic rings. The number of hydrogen-bond donors (Lipinski definition) is 0. The molecule has 0 bridgehead atoms. The Labute approximate surface area is 157 Å². The molecule has 26 heavy (non-hydrogen) atoms. The van der Waals surface area contributed by atoms with Crippen LogP contribution in [0.1, 0.15) is 15.2 Å². The summed E-state index contributed by atoms with van der Waals surface area (Å²) in [5, 5.41) is 2.01. The maximum atomic E-state index is 13.1. The van der Waals surface area contributed by atoms with Gasteiger partial charge in [-0.2, -0.15) is 0 Å². The molecule has 2 aromatic heterocycles. The van der Waals surface area contributed by atoms with Gasteiger partial charge in [-0.25, -0.2) is 0 Å². The van der Waals surface area contributed by atoms with Crippen LogP contribution in [0.3, 0.4) is 0 Å². The molecule has 5 heteroatoms. The third-order valence-electron chi connectivity index (χ3n) is 4.82. The summed E-state index contributed by atoms with van der Waals surface area (Å²) in [7, 11) is 0. The molecule has 0 aliphatic carbocycles. The van der Waals surface area contributed by atoms with Crippen molar-refractivity contribution in [2.75, 3.05) is 31.1 Å². The molecule has 1 saturated heterocycles. The SMILES string of the molecule is Cc1ccc(-c2ccsc2C(=O)N2CCN(c3ccncc3)CC2)cc1. The Morgan fingerprint density at radius 2 is 1.65 bits per heavy atom. The van der Waals surface area contributed by atoms with E-state index in [4.69, 9.17) is 0 Å². The molecule has 3 heterocycles. The number of pyridine rings is 1. The minimum absolute atomic E-state index is 0.143. The second kappa shape index (κ2) is 7.30. The van der Waals surface area contributed by atoms with E-state index < -0.39 is 0 Å². The molecule has 0 radical (unpaired) electrons. The fourth-order valence-electron chi connectivity index (χ4n) is 3.30. The Hall–Kier alpha value is -2.66. The van der Waals surface area contributed by atoms with Crippen LogP contribution in [0.15, 0.2) is 60.2 Å². The Kier molecular flexibility index (Phi) is 4.71. The summed E-state index contributed by atoms with van der Waals surface area (Å²) in [5.74, 6) is 0.143. The number of piperazine rings is 1. The predicted molar refractivity (Wildman–Crippen MR) is 107 cm³/mol. The largest absolute Gasteiger partial charge is 0.368 e. The van der Waals surface area contributed by atoms with Crippen LogP contribution in [0.25, 0.3) is 11.1 Å². The smallest absolute Gasteiger partial charge is 0.264 e. The van der Waals surface area contributed by atoms with Crippen LogP contribution in [-0.2, 0) is 0 Å². The number of amides is 1. The zero-order chi connectivity index (χ0) is 17.9. The Morgan fingerprint density at radius 3 is 2.35 bits per heavy atom. The topological polar surface area (TPSA) is 36.4 Å². The van der Waals surface area contributed by atoms with Gasteiger partial charge in [0.15, 0.2) is 0 Å². The van der Waals surface area contributed by atoms with E-state index in [0.29, 0.717) is 0 Å². The lowest BCUT2D eigenvalue weighted by Gasteiger charge is -2.36. The third kappa shape index (κ3) is 3.35. The summed E-state index contributed by atoms with van der Waals surface area (Å²) in [5.41, 5.74) is 4.54. The highest BCUT2D eigenvalue weighted by Crippen LogP contribution is 2.30. The summed E-state index contributed by atoms with van der Waals surface area (Å²) >= 11 is 1.53. The highest BCUT2D eigenvalue weighted by atomic mass is 32.1. The first-order valence-corrected chi connectivity index (χ1v) is 9.69. The number of aryl methyl sites for hydroxylation is 1. The van der Waals surface area contributed by atoms with Crippen molar-refractivity contribution in [2.45, 2.75) is 6.92 Å². The zero-order valence-electron chi connectivity index (χ0n) is 14.8. The summed E-state index contributed by atoms with van der Waals surface area (Å²) in [4.78, 5) is 22.3. The molecule has 1 amide bonds. The Bertz CT molecular complexity index is 881. The second-order valence-electron chi connectivity index (χ2n) is 6.51. The number of thiophene rings is 1. The van der Waals surface area contributed by atoms with E-state index >= 15 is 0 Å². The Balaban J connectivity index is 1.48. The number of aromatic nitrogens is 1. The summed E-state index contributed by atoms with van der Waals surface area (Å²) in [6.07, 6.45) is 3.62. The van der Waals surface area contributed by atoms with Crippen molar-refractivity contribution >= 4 is 22.9 Å². The average Bonchev–Trinajstić information content (AvgIpc) is 3.19. The third-order valence-corrected chi connectivity index (χ3v) is 5.72. The average molecular weight is 363 g/mol. The van der Waals surface area contributed by atoms with Gasteiger partial charge in [-0.15, -0.1) is 11.3 Å². The van der Waals surface area contributed by atoms with Crippen molar-refractivity contribution in [3.05, 3.63) is 70.7 Å². The van der Waals surface area contributed by atoms with Gasteiger partial charge >= 0.3 is 0 Å². The summed E-state index contributed by atoms with van der Waals surface area (Å²) in [6, 6.07) is 14.5. The Morgan fingerprint density at radius 1 is 0.962 bits per heavy atom. The van der Waals surface area contributed by atoms with Crippen molar-refractivity contribution in [1.29, 1.82) is 0 Å². The van der Waals surface area contributed by atoms with Gasteiger partial charge < -0.3 is 9.80 Å². The molecule has 4 rings (SSSR count). The van der Waals surface area contributed by atoms with E-state index in [2.05, 4.69) is 47.1 Å². The van der Waals surface area contributed by atoms with Crippen molar-refractivity contribution < 1.29 is 4.79 Å².